The number of sulfonamides is 1. The first-order valence-corrected chi connectivity index (χ1v) is 11.1. The number of hydrogen-bond donors (Lipinski definition) is 0. The predicted octanol–water partition coefficient (Wildman–Crippen LogP) is 3.81. The lowest BCUT2D eigenvalue weighted by Crippen LogP contribution is -2.46. The second-order valence-corrected chi connectivity index (χ2v) is 9.64. The minimum atomic E-state index is -3.57. The Hall–Kier alpha value is -1.92. The molecule has 1 saturated heterocycles. The summed E-state index contributed by atoms with van der Waals surface area (Å²) in [6.07, 6.45) is 6.31. The van der Waals surface area contributed by atoms with Crippen molar-refractivity contribution in [1.29, 1.82) is 0 Å². The monoisotopic (exact) mass is 405 g/mol. The highest BCUT2D eigenvalue weighted by molar-refractivity contribution is 7.89. The van der Waals surface area contributed by atoms with Crippen LogP contribution < -0.4 is 0 Å². The molecule has 0 aromatic heterocycles. The maximum absolute atomic E-state index is 13.1. The Morgan fingerprint density at radius 3 is 2.46 bits per heavy atom. The van der Waals surface area contributed by atoms with Crippen LogP contribution in [0, 0.1) is 30.6 Å². The number of esters is 1. The van der Waals surface area contributed by atoms with Gasteiger partial charge in [-0.05, 0) is 43.2 Å². The third-order valence-corrected chi connectivity index (χ3v) is 7.15. The molecule has 0 spiro atoms. The van der Waals surface area contributed by atoms with Crippen LogP contribution in [-0.2, 0) is 19.6 Å². The number of hydrogen-bond acceptors (Lipinski definition) is 4. The molecule has 0 aliphatic carbocycles. The zero-order valence-electron chi connectivity index (χ0n) is 17.2. The molecular formula is C22H31NO4S. The summed E-state index contributed by atoms with van der Waals surface area (Å²) in [7, 11) is -2.20. The van der Waals surface area contributed by atoms with Crippen LogP contribution >= 0.6 is 0 Å². The van der Waals surface area contributed by atoms with Crippen molar-refractivity contribution in [2.45, 2.75) is 32.1 Å². The van der Waals surface area contributed by atoms with Crippen LogP contribution in [0.3, 0.4) is 0 Å². The lowest BCUT2D eigenvalue weighted by Gasteiger charge is -2.38. The average molecular weight is 406 g/mol. The number of rotatable bonds is 7. The Morgan fingerprint density at radius 2 is 1.93 bits per heavy atom. The van der Waals surface area contributed by atoms with E-state index in [0.717, 1.165) is 5.56 Å². The topological polar surface area (TPSA) is 63.7 Å². The maximum atomic E-state index is 13.1. The Labute approximate surface area is 169 Å². The fourth-order valence-electron chi connectivity index (χ4n) is 3.64. The molecule has 0 bridgehead atoms. The summed E-state index contributed by atoms with van der Waals surface area (Å²) in [5.41, 5.74) is 1.02. The zero-order valence-corrected chi connectivity index (χ0v) is 18.0. The largest absolute Gasteiger partial charge is 0.469 e. The molecule has 28 heavy (non-hydrogen) atoms. The first-order chi connectivity index (χ1) is 13.2. The molecule has 0 saturated carbocycles. The number of carbonyl (C=O) groups is 1. The molecule has 3 atom stereocenters. The van der Waals surface area contributed by atoms with Gasteiger partial charge in [-0.25, -0.2) is 8.42 Å². The Balaban J connectivity index is 2.32. The highest BCUT2D eigenvalue weighted by atomic mass is 32.2. The summed E-state index contributed by atoms with van der Waals surface area (Å²) in [6.45, 7) is 10.6. The second kappa shape index (κ2) is 9.52. The van der Waals surface area contributed by atoms with Gasteiger partial charge in [0, 0.05) is 13.1 Å². The van der Waals surface area contributed by atoms with Gasteiger partial charge >= 0.3 is 5.97 Å². The lowest BCUT2D eigenvalue weighted by molar-refractivity contribution is -0.146. The van der Waals surface area contributed by atoms with Gasteiger partial charge in [0.2, 0.25) is 10.0 Å². The summed E-state index contributed by atoms with van der Waals surface area (Å²) in [6, 6.07) is 6.91. The molecule has 1 heterocycles. The van der Waals surface area contributed by atoms with E-state index >= 15 is 0 Å². The van der Waals surface area contributed by atoms with Gasteiger partial charge in [0.1, 0.15) is 0 Å². The third-order valence-electron chi connectivity index (χ3n) is 5.27. The molecule has 1 aliphatic rings. The van der Waals surface area contributed by atoms with Crippen molar-refractivity contribution < 1.29 is 17.9 Å². The van der Waals surface area contributed by atoms with E-state index in [9.17, 15) is 13.2 Å². The van der Waals surface area contributed by atoms with Crippen molar-refractivity contribution in [2.24, 2.45) is 23.7 Å². The summed E-state index contributed by atoms with van der Waals surface area (Å²) in [4.78, 5) is 12.5. The number of aryl methyl sites for hydroxylation is 1. The van der Waals surface area contributed by atoms with Gasteiger partial charge in [-0.1, -0.05) is 49.8 Å². The predicted molar refractivity (Wildman–Crippen MR) is 111 cm³/mol. The molecule has 0 radical (unpaired) electrons. The van der Waals surface area contributed by atoms with Crippen LogP contribution in [-0.4, -0.2) is 38.9 Å². The van der Waals surface area contributed by atoms with E-state index < -0.39 is 15.9 Å². The van der Waals surface area contributed by atoms with Crippen molar-refractivity contribution >= 4 is 16.0 Å². The van der Waals surface area contributed by atoms with Crippen LogP contribution in [0.5, 0.6) is 0 Å². The number of allylic oxidation sites excluding steroid dienone is 1. The number of ether oxygens (including phenoxy) is 1. The number of benzene rings is 1. The van der Waals surface area contributed by atoms with Gasteiger partial charge < -0.3 is 4.74 Å². The normalized spacial score (nSPS) is 22.3. The number of carbonyl (C=O) groups excluding carboxylic acids is 1. The fraction of sp³-hybridized carbons (Fsp3) is 0.500. The van der Waals surface area contributed by atoms with Crippen LogP contribution in [0.1, 0.15) is 25.8 Å². The molecule has 5 nitrogen and oxygen atoms in total. The van der Waals surface area contributed by atoms with Crippen LogP contribution in [0.25, 0.3) is 0 Å². The van der Waals surface area contributed by atoms with Gasteiger partial charge in [0.05, 0.1) is 17.9 Å². The average Bonchev–Trinajstić information content (AvgIpc) is 2.67. The van der Waals surface area contributed by atoms with Gasteiger partial charge in [-0.15, -0.1) is 6.58 Å². The Kier molecular flexibility index (Phi) is 7.61. The molecule has 1 aromatic rings. The van der Waals surface area contributed by atoms with Crippen molar-refractivity contribution in [2.75, 3.05) is 20.2 Å². The first-order valence-electron chi connectivity index (χ1n) is 9.66. The van der Waals surface area contributed by atoms with E-state index in [2.05, 4.69) is 26.5 Å². The molecule has 0 amide bonds. The Morgan fingerprint density at radius 1 is 1.29 bits per heavy atom. The summed E-state index contributed by atoms with van der Waals surface area (Å²) < 4.78 is 32.7. The zero-order chi connectivity index (χ0) is 20.9. The van der Waals surface area contributed by atoms with Crippen molar-refractivity contribution in [3.63, 3.8) is 0 Å². The van der Waals surface area contributed by atoms with E-state index in [0.29, 0.717) is 30.3 Å². The molecule has 1 fully saturated rings. The summed E-state index contributed by atoms with van der Waals surface area (Å²) in [5, 5.41) is 0. The highest BCUT2D eigenvalue weighted by Gasteiger charge is 2.39. The third kappa shape index (κ3) is 5.11. The molecule has 0 N–H and O–H groups in total. The molecule has 154 valence electrons. The second-order valence-electron chi connectivity index (χ2n) is 7.71. The molecule has 1 aliphatic heterocycles. The van der Waals surface area contributed by atoms with E-state index in [1.807, 2.05) is 13.0 Å². The lowest BCUT2D eigenvalue weighted by atomic mass is 9.76. The quantitative estimate of drug-likeness (QED) is 0.511. The van der Waals surface area contributed by atoms with Gasteiger partial charge in [-0.3, -0.25) is 4.79 Å². The van der Waals surface area contributed by atoms with Gasteiger partial charge in [0.15, 0.2) is 0 Å². The fourth-order valence-corrected chi connectivity index (χ4v) is 5.14. The van der Waals surface area contributed by atoms with Crippen molar-refractivity contribution in [3.05, 3.63) is 54.6 Å². The first kappa shape index (κ1) is 22.4. The highest BCUT2D eigenvalue weighted by Crippen LogP contribution is 2.35. The van der Waals surface area contributed by atoms with Crippen molar-refractivity contribution in [1.82, 2.24) is 4.31 Å². The van der Waals surface area contributed by atoms with E-state index in [1.54, 1.807) is 30.3 Å². The molecule has 1 aromatic carbocycles. The van der Waals surface area contributed by atoms with Gasteiger partial charge in [-0.2, -0.15) is 4.31 Å². The van der Waals surface area contributed by atoms with E-state index in [1.165, 1.54) is 11.4 Å². The molecule has 2 rings (SSSR count). The maximum Gasteiger partial charge on any atom is 0.312 e. The SMILES string of the molecule is C=C[C@H](C(=O)OC)[C@H]1CCN(S(=O)(=O)c2ccc(C)cc2)C[C@@H]1/C=C/C(C)C. The van der Waals surface area contributed by atoms with E-state index in [-0.39, 0.29) is 17.8 Å². The van der Waals surface area contributed by atoms with Crippen LogP contribution in [0.15, 0.2) is 54.0 Å². The molecule has 0 unspecified atom stereocenters. The van der Waals surface area contributed by atoms with Gasteiger partial charge in [0.25, 0.3) is 0 Å². The number of piperidine rings is 1. The van der Waals surface area contributed by atoms with Crippen LogP contribution in [0.2, 0.25) is 0 Å². The number of nitrogens with zero attached hydrogens (tertiary/aromatic N) is 1. The van der Waals surface area contributed by atoms with Crippen LogP contribution in [0.4, 0.5) is 0 Å². The molecular weight excluding hydrogens is 374 g/mol. The summed E-state index contributed by atoms with van der Waals surface area (Å²) in [5.74, 6) is -0.554. The summed E-state index contributed by atoms with van der Waals surface area (Å²) >= 11 is 0. The molecule has 6 heteroatoms. The smallest absolute Gasteiger partial charge is 0.312 e. The minimum absolute atomic E-state index is 0.0376. The standard InChI is InChI=1S/C22H31NO4S/c1-6-20(22(24)27-5)21-13-14-23(15-18(21)10-7-16(2)3)28(25,26)19-11-8-17(4)9-12-19/h6-12,16,18,20-21H,1,13-15H2,2-5H3/b10-7+/t18-,20-,21-/m0/s1. The number of methoxy groups -OCH3 is 1. The van der Waals surface area contributed by atoms with E-state index in [4.69, 9.17) is 4.74 Å². The van der Waals surface area contributed by atoms with Crippen molar-refractivity contribution in [3.8, 4) is 0 Å². The minimum Gasteiger partial charge on any atom is -0.469 e. The Bertz CT molecular complexity index is 811.